The van der Waals surface area contributed by atoms with Crippen LogP contribution in [0.1, 0.15) is 48.9 Å². The summed E-state index contributed by atoms with van der Waals surface area (Å²) in [7, 11) is 3.42. The zero-order valence-corrected chi connectivity index (χ0v) is 32.1. The molecule has 6 aromatic rings. The number of hydrogen-bond acceptors (Lipinski definition) is 10. The number of piperidine rings is 6. The summed E-state index contributed by atoms with van der Waals surface area (Å²) in [5, 5.41) is 21.5. The minimum absolute atomic E-state index is 0.105. The van der Waals surface area contributed by atoms with Crippen molar-refractivity contribution in [2.75, 3.05) is 40.4 Å². The van der Waals surface area contributed by atoms with Crippen LogP contribution in [0.5, 0.6) is 11.5 Å². The largest absolute Gasteiger partial charge is 0.497 e. The SMILES string of the molecule is C=CC1CN2CCC1CC2[C@@H](c1ccnc2ccc(OC)cc12)n1cc(-c2cn([C@H](c3ccnc4ccc(OC)cc34)C3CC4CCN3CC4C=C)nn2)nn1. The van der Waals surface area contributed by atoms with E-state index in [0.717, 1.165) is 83.5 Å². The van der Waals surface area contributed by atoms with E-state index < -0.39 is 0 Å². The first kappa shape index (κ1) is 35.0. The Bertz CT molecular complexity index is 2260. The van der Waals surface area contributed by atoms with Crippen LogP contribution in [0.15, 0.2) is 98.6 Å². The van der Waals surface area contributed by atoms with Gasteiger partial charge in [-0.15, -0.1) is 23.4 Å². The average molecular weight is 749 g/mol. The zero-order valence-electron chi connectivity index (χ0n) is 32.1. The molecule has 6 fully saturated rings. The van der Waals surface area contributed by atoms with E-state index in [4.69, 9.17) is 40.1 Å². The summed E-state index contributed by atoms with van der Waals surface area (Å²) in [5.41, 5.74) is 5.54. The van der Waals surface area contributed by atoms with E-state index in [1.54, 1.807) is 14.2 Å². The Hall–Kier alpha value is -5.46. The van der Waals surface area contributed by atoms with Gasteiger partial charge in [-0.3, -0.25) is 19.8 Å². The summed E-state index contributed by atoms with van der Waals surface area (Å²) < 4.78 is 15.5. The molecule has 12 heteroatoms. The molecule has 0 amide bonds. The molecular weight excluding hydrogens is 701 g/mol. The number of hydrogen-bond donors (Lipinski definition) is 0. The minimum atomic E-state index is -0.105. The zero-order chi connectivity index (χ0) is 37.9. The fraction of sp³-hybridized carbons (Fsp3) is 0.409. The Kier molecular flexibility index (Phi) is 8.90. The smallest absolute Gasteiger partial charge is 0.134 e. The third kappa shape index (κ3) is 5.88. The number of ether oxygens (including phenoxy) is 2. The lowest BCUT2D eigenvalue weighted by molar-refractivity contribution is -0.000140. The van der Waals surface area contributed by atoms with Crippen molar-refractivity contribution < 1.29 is 9.47 Å². The number of methoxy groups -OCH3 is 2. The molecular formula is C44H48N10O2. The molecule has 4 bridgehead atoms. The fourth-order valence-corrected chi connectivity index (χ4v) is 10.6. The van der Waals surface area contributed by atoms with Crippen molar-refractivity contribution in [1.29, 1.82) is 0 Å². The van der Waals surface area contributed by atoms with E-state index in [-0.39, 0.29) is 24.2 Å². The van der Waals surface area contributed by atoms with Crippen molar-refractivity contribution in [1.82, 2.24) is 49.8 Å². The lowest BCUT2D eigenvalue weighted by atomic mass is 9.73. The Morgan fingerprint density at radius 1 is 0.661 bits per heavy atom. The topological polar surface area (TPSA) is 112 Å². The molecule has 286 valence electrons. The van der Waals surface area contributed by atoms with Crippen molar-refractivity contribution in [3.8, 4) is 22.9 Å². The molecule has 10 heterocycles. The van der Waals surface area contributed by atoms with Gasteiger partial charge >= 0.3 is 0 Å². The number of fused-ring (bicyclic) bond motifs is 8. The van der Waals surface area contributed by atoms with Crippen molar-refractivity contribution in [3.63, 3.8) is 0 Å². The molecule has 8 unspecified atom stereocenters. The molecule has 2 aromatic carbocycles. The Labute approximate surface area is 326 Å². The first-order valence-electron chi connectivity index (χ1n) is 20.0. The minimum Gasteiger partial charge on any atom is -0.497 e. The summed E-state index contributed by atoms with van der Waals surface area (Å²) in [6.07, 6.45) is 16.7. The van der Waals surface area contributed by atoms with Crippen LogP contribution in [-0.4, -0.2) is 102 Å². The quantitative estimate of drug-likeness (QED) is 0.134. The third-order valence-corrected chi connectivity index (χ3v) is 13.5. The van der Waals surface area contributed by atoms with Crippen molar-refractivity contribution in [2.24, 2.45) is 23.7 Å². The van der Waals surface area contributed by atoms with Gasteiger partial charge in [0, 0.05) is 48.3 Å². The summed E-state index contributed by atoms with van der Waals surface area (Å²) in [6, 6.07) is 16.7. The molecule has 6 aliphatic rings. The second kappa shape index (κ2) is 14.2. The molecule has 12 rings (SSSR count). The highest BCUT2D eigenvalue weighted by molar-refractivity contribution is 5.85. The van der Waals surface area contributed by atoms with Crippen molar-refractivity contribution in [3.05, 3.63) is 110 Å². The highest BCUT2D eigenvalue weighted by atomic mass is 16.5. The molecule has 56 heavy (non-hydrogen) atoms. The monoisotopic (exact) mass is 748 g/mol. The molecule has 0 aliphatic carbocycles. The molecule has 4 aromatic heterocycles. The maximum absolute atomic E-state index is 5.69. The lowest BCUT2D eigenvalue weighted by Crippen LogP contribution is -2.56. The van der Waals surface area contributed by atoms with E-state index >= 15 is 0 Å². The third-order valence-electron chi connectivity index (χ3n) is 13.5. The van der Waals surface area contributed by atoms with Gasteiger partial charge in [0.25, 0.3) is 0 Å². The standard InChI is InChI=1S/C44H48N10O2/c1-5-27-23-51-17-13-29(27)19-41(51)43(33-11-15-45-37-9-7-31(55-3)21-35(33)37)53-25-39(47-49-53)40-26-54(50-48-40)44(42-20-30-14-18-52(42)24-28(30)6-2)34-12-16-46-38-10-8-32(56-4)22-36(34)38/h5-12,15-16,21-22,25-30,41-44H,1-2,13-14,17-20,23-24H2,3-4H3/t27?,28?,29?,30?,41?,42?,43-,44-/m1/s1. The summed E-state index contributed by atoms with van der Waals surface area (Å²) in [6.45, 7) is 12.5. The average Bonchev–Trinajstić information content (AvgIpc) is 3.95. The summed E-state index contributed by atoms with van der Waals surface area (Å²) >= 11 is 0. The Morgan fingerprint density at radius 2 is 1.12 bits per heavy atom. The van der Waals surface area contributed by atoms with Gasteiger partial charge in [0.1, 0.15) is 22.9 Å². The fourth-order valence-electron chi connectivity index (χ4n) is 10.6. The van der Waals surface area contributed by atoms with Gasteiger partial charge in [-0.1, -0.05) is 22.6 Å². The maximum atomic E-state index is 5.69. The van der Waals surface area contributed by atoms with E-state index in [1.807, 2.05) is 36.7 Å². The van der Waals surface area contributed by atoms with Crippen LogP contribution in [0.3, 0.4) is 0 Å². The predicted octanol–water partition coefficient (Wildman–Crippen LogP) is 6.62. The number of rotatable bonds is 11. The first-order valence-corrected chi connectivity index (χ1v) is 20.0. The van der Waals surface area contributed by atoms with E-state index in [2.05, 4.69) is 81.1 Å². The van der Waals surface area contributed by atoms with Gasteiger partial charge in [0.05, 0.1) is 49.7 Å². The molecule has 10 atom stereocenters. The second-order valence-electron chi connectivity index (χ2n) is 16.1. The van der Waals surface area contributed by atoms with Crippen LogP contribution in [0.4, 0.5) is 0 Å². The van der Waals surface area contributed by atoms with Crippen molar-refractivity contribution >= 4 is 21.8 Å². The van der Waals surface area contributed by atoms with E-state index in [9.17, 15) is 0 Å². The van der Waals surface area contributed by atoms with Crippen LogP contribution in [0.2, 0.25) is 0 Å². The van der Waals surface area contributed by atoms with Gasteiger partial charge < -0.3 is 9.47 Å². The first-order chi connectivity index (χ1) is 27.5. The van der Waals surface area contributed by atoms with Gasteiger partial charge in [-0.2, -0.15) is 0 Å². The number of benzene rings is 2. The van der Waals surface area contributed by atoms with Gasteiger partial charge in [-0.05, 0) is 122 Å². The molecule has 0 spiro atoms. The van der Waals surface area contributed by atoms with Crippen LogP contribution >= 0.6 is 0 Å². The van der Waals surface area contributed by atoms with E-state index in [0.29, 0.717) is 35.1 Å². The molecule has 6 aliphatic heterocycles. The second-order valence-corrected chi connectivity index (χ2v) is 16.1. The Morgan fingerprint density at radius 3 is 1.52 bits per heavy atom. The lowest BCUT2D eigenvalue weighted by Gasteiger charge is -2.51. The molecule has 0 radical (unpaired) electrons. The Balaban J connectivity index is 1.05. The predicted molar refractivity (Wildman–Crippen MR) is 215 cm³/mol. The molecule has 6 saturated heterocycles. The number of aromatic nitrogens is 8. The van der Waals surface area contributed by atoms with Crippen LogP contribution < -0.4 is 9.47 Å². The maximum Gasteiger partial charge on any atom is 0.134 e. The van der Waals surface area contributed by atoms with E-state index in [1.165, 1.54) is 12.8 Å². The van der Waals surface area contributed by atoms with Gasteiger partial charge in [-0.25, -0.2) is 9.36 Å². The van der Waals surface area contributed by atoms with Crippen LogP contribution in [0, 0.1) is 23.7 Å². The number of pyridine rings is 2. The normalized spacial score (nSPS) is 28.0. The molecule has 0 N–H and O–H groups in total. The highest BCUT2D eigenvalue weighted by Gasteiger charge is 2.45. The molecule has 0 saturated carbocycles. The van der Waals surface area contributed by atoms with Crippen LogP contribution in [-0.2, 0) is 0 Å². The highest BCUT2D eigenvalue weighted by Crippen LogP contribution is 2.46. The summed E-state index contributed by atoms with van der Waals surface area (Å²) in [5.74, 6) is 3.78. The van der Waals surface area contributed by atoms with Crippen LogP contribution in [0.25, 0.3) is 33.2 Å². The van der Waals surface area contributed by atoms with Gasteiger partial charge in [0.15, 0.2) is 0 Å². The number of nitrogens with zero attached hydrogens (tertiary/aromatic N) is 10. The molecule has 12 nitrogen and oxygen atoms in total. The summed E-state index contributed by atoms with van der Waals surface area (Å²) in [4.78, 5) is 14.7. The van der Waals surface area contributed by atoms with Gasteiger partial charge in [0.2, 0.25) is 0 Å². The van der Waals surface area contributed by atoms with Crippen molar-refractivity contribution in [2.45, 2.75) is 49.9 Å².